The highest BCUT2D eigenvalue weighted by atomic mass is 32.1. The molecule has 3 aromatic rings. The van der Waals surface area contributed by atoms with Crippen LogP contribution in [0.25, 0.3) is 10.6 Å². The molecule has 0 radical (unpaired) electrons. The van der Waals surface area contributed by atoms with Crippen LogP contribution in [0.15, 0.2) is 42.0 Å². The highest BCUT2D eigenvalue weighted by Gasteiger charge is 2.27. The summed E-state index contributed by atoms with van der Waals surface area (Å²) in [5.41, 5.74) is 0.877. The Balaban J connectivity index is 1.23. The summed E-state index contributed by atoms with van der Waals surface area (Å²) in [7, 11) is 0. The molecular weight excluding hydrogens is 410 g/mol. The van der Waals surface area contributed by atoms with Gasteiger partial charge >= 0.3 is 0 Å². The molecule has 2 fully saturated rings. The van der Waals surface area contributed by atoms with Gasteiger partial charge in [0, 0.05) is 32.2 Å². The maximum absolute atomic E-state index is 12.9. The molecule has 9 heteroatoms. The fourth-order valence-electron chi connectivity index (χ4n) is 4.21. The first-order valence-electron chi connectivity index (χ1n) is 10.8. The van der Waals surface area contributed by atoms with Gasteiger partial charge in [0.15, 0.2) is 5.82 Å². The van der Waals surface area contributed by atoms with E-state index in [2.05, 4.69) is 35.3 Å². The first kappa shape index (κ1) is 19.9. The summed E-state index contributed by atoms with van der Waals surface area (Å²) in [6.07, 6.45) is 5.69. The van der Waals surface area contributed by atoms with Crippen molar-refractivity contribution >= 4 is 34.7 Å². The number of thiophene rings is 1. The number of nitrogens with zero attached hydrogens (tertiary/aromatic N) is 6. The van der Waals surface area contributed by atoms with Crippen LogP contribution in [0, 0.1) is 5.92 Å². The normalized spacial score (nSPS) is 18.9. The zero-order chi connectivity index (χ0) is 21.0. The van der Waals surface area contributed by atoms with E-state index in [4.69, 9.17) is 0 Å². The van der Waals surface area contributed by atoms with E-state index < -0.39 is 0 Å². The predicted octanol–water partition coefficient (Wildman–Crippen LogP) is 3.45. The third kappa shape index (κ3) is 4.51. The van der Waals surface area contributed by atoms with Gasteiger partial charge in [-0.05, 0) is 49.3 Å². The van der Waals surface area contributed by atoms with Crippen molar-refractivity contribution in [2.75, 3.05) is 41.3 Å². The summed E-state index contributed by atoms with van der Waals surface area (Å²) < 4.78 is 0. The van der Waals surface area contributed by atoms with Crippen molar-refractivity contribution in [3.05, 3.63) is 42.0 Å². The molecule has 2 aliphatic heterocycles. The van der Waals surface area contributed by atoms with Gasteiger partial charge < -0.3 is 15.1 Å². The van der Waals surface area contributed by atoms with Gasteiger partial charge in [-0.1, -0.05) is 6.07 Å². The highest BCUT2D eigenvalue weighted by molar-refractivity contribution is 7.13. The maximum atomic E-state index is 12.9. The quantitative estimate of drug-likeness (QED) is 0.657. The third-order valence-corrected chi connectivity index (χ3v) is 6.77. The molecule has 2 aliphatic rings. The van der Waals surface area contributed by atoms with Gasteiger partial charge in [-0.2, -0.15) is 0 Å². The SMILES string of the molecule is O=C(Nc1cc(N2CCCC2)ncn1)[C@@H]1CCCN(c2ccc(-c3cccs3)nn2)C1. The third-order valence-electron chi connectivity index (χ3n) is 5.87. The molecule has 31 heavy (non-hydrogen) atoms. The van der Waals surface area contributed by atoms with Gasteiger partial charge in [0.2, 0.25) is 5.91 Å². The van der Waals surface area contributed by atoms with Gasteiger partial charge in [-0.25, -0.2) is 9.97 Å². The minimum absolute atomic E-state index is 0.000984. The Hall–Kier alpha value is -3.07. The minimum Gasteiger partial charge on any atom is -0.356 e. The molecule has 0 aliphatic carbocycles. The summed E-state index contributed by atoms with van der Waals surface area (Å²) in [5.74, 6) is 2.15. The molecule has 0 saturated carbocycles. The zero-order valence-corrected chi connectivity index (χ0v) is 18.1. The highest BCUT2D eigenvalue weighted by Crippen LogP contribution is 2.26. The van der Waals surface area contributed by atoms with Crippen LogP contribution in [0.4, 0.5) is 17.5 Å². The summed E-state index contributed by atoms with van der Waals surface area (Å²) in [6.45, 7) is 3.52. The summed E-state index contributed by atoms with van der Waals surface area (Å²) in [6, 6.07) is 9.92. The first-order chi connectivity index (χ1) is 15.3. The van der Waals surface area contributed by atoms with Gasteiger partial charge in [0.25, 0.3) is 0 Å². The van der Waals surface area contributed by atoms with Crippen LogP contribution < -0.4 is 15.1 Å². The number of rotatable bonds is 5. The van der Waals surface area contributed by atoms with E-state index >= 15 is 0 Å². The Morgan fingerprint density at radius 1 is 1.00 bits per heavy atom. The Bertz CT molecular complexity index is 1020. The number of anilines is 3. The van der Waals surface area contributed by atoms with Gasteiger partial charge in [0.05, 0.1) is 10.8 Å². The smallest absolute Gasteiger partial charge is 0.230 e. The molecule has 0 unspecified atom stereocenters. The van der Waals surface area contributed by atoms with E-state index in [0.29, 0.717) is 12.4 Å². The van der Waals surface area contributed by atoms with Crippen LogP contribution in [0.2, 0.25) is 0 Å². The lowest BCUT2D eigenvalue weighted by molar-refractivity contribution is -0.120. The van der Waals surface area contributed by atoms with Crippen LogP contribution in [0.5, 0.6) is 0 Å². The van der Waals surface area contributed by atoms with E-state index in [1.54, 1.807) is 11.3 Å². The van der Waals surface area contributed by atoms with Crippen molar-refractivity contribution in [3.8, 4) is 10.6 Å². The molecule has 8 nitrogen and oxygen atoms in total. The number of amides is 1. The minimum atomic E-state index is -0.113. The van der Waals surface area contributed by atoms with Crippen LogP contribution in [0.1, 0.15) is 25.7 Å². The number of hydrogen-bond donors (Lipinski definition) is 1. The number of nitrogens with one attached hydrogen (secondary N) is 1. The van der Waals surface area contributed by atoms with E-state index in [1.807, 2.05) is 35.7 Å². The lowest BCUT2D eigenvalue weighted by Gasteiger charge is -2.32. The van der Waals surface area contributed by atoms with Crippen molar-refractivity contribution in [3.63, 3.8) is 0 Å². The van der Waals surface area contributed by atoms with Crippen molar-refractivity contribution in [1.29, 1.82) is 0 Å². The molecule has 5 heterocycles. The summed E-state index contributed by atoms with van der Waals surface area (Å²) >= 11 is 1.65. The first-order valence-corrected chi connectivity index (χ1v) is 11.6. The molecule has 0 aromatic carbocycles. The van der Waals surface area contributed by atoms with Crippen LogP contribution >= 0.6 is 11.3 Å². The van der Waals surface area contributed by atoms with Crippen LogP contribution in [-0.4, -0.2) is 52.3 Å². The largest absolute Gasteiger partial charge is 0.356 e. The van der Waals surface area contributed by atoms with Crippen molar-refractivity contribution < 1.29 is 4.79 Å². The Labute approximate surface area is 185 Å². The molecule has 1 amide bonds. The Morgan fingerprint density at radius 3 is 2.65 bits per heavy atom. The van der Waals surface area contributed by atoms with E-state index in [1.165, 1.54) is 19.2 Å². The summed E-state index contributed by atoms with van der Waals surface area (Å²) in [4.78, 5) is 27.0. The second-order valence-corrected chi connectivity index (χ2v) is 8.93. The molecule has 3 aromatic heterocycles. The van der Waals surface area contributed by atoms with Crippen molar-refractivity contribution in [2.24, 2.45) is 5.92 Å². The molecular formula is C22H25N7OS. The maximum Gasteiger partial charge on any atom is 0.230 e. The molecule has 1 N–H and O–H groups in total. The monoisotopic (exact) mass is 435 g/mol. The molecule has 0 bridgehead atoms. The molecule has 2 saturated heterocycles. The average Bonchev–Trinajstić information content (AvgIpc) is 3.54. The average molecular weight is 436 g/mol. The fraction of sp³-hybridized carbons (Fsp3) is 0.409. The fourth-order valence-corrected chi connectivity index (χ4v) is 4.90. The standard InChI is InChI=1S/C22H25N7OS/c30-22(25-19-13-21(24-15-23-19)28-9-1-2-10-28)16-5-3-11-29(14-16)20-8-7-17(26-27-20)18-6-4-12-31-18/h4,6-8,12-13,15-16H,1-3,5,9-11,14H2,(H,23,24,25,30)/t16-/m1/s1. The van der Waals surface area contributed by atoms with E-state index in [0.717, 1.165) is 54.7 Å². The van der Waals surface area contributed by atoms with Crippen molar-refractivity contribution in [2.45, 2.75) is 25.7 Å². The van der Waals surface area contributed by atoms with Gasteiger partial charge in [-0.15, -0.1) is 21.5 Å². The summed E-state index contributed by atoms with van der Waals surface area (Å²) in [5, 5.41) is 13.8. The van der Waals surface area contributed by atoms with Gasteiger partial charge in [0.1, 0.15) is 23.7 Å². The number of hydrogen-bond acceptors (Lipinski definition) is 8. The lowest BCUT2D eigenvalue weighted by atomic mass is 9.97. The topological polar surface area (TPSA) is 87.1 Å². The molecule has 1 atom stereocenters. The number of piperidine rings is 1. The Morgan fingerprint density at radius 2 is 1.87 bits per heavy atom. The van der Waals surface area contributed by atoms with E-state index in [9.17, 15) is 4.79 Å². The zero-order valence-electron chi connectivity index (χ0n) is 17.3. The second-order valence-electron chi connectivity index (χ2n) is 7.98. The number of carbonyl (C=O) groups excluding carboxylic acids is 1. The van der Waals surface area contributed by atoms with E-state index in [-0.39, 0.29) is 11.8 Å². The molecule has 160 valence electrons. The molecule has 0 spiro atoms. The van der Waals surface area contributed by atoms with Crippen LogP contribution in [0.3, 0.4) is 0 Å². The number of carbonyl (C=O) groups is 1. The predicted molar refractivity (Wildman–Crippen MR) is 122 cm³/mol. The Kier molecular flexibility index (Phi) is 5.75. The van der Waals surface area contributed by atoms with Gasteiger partial charge in [-0.3, -0.25) is 4.79 Å². The lowest BCUT2D eigenvalue weighted by Crippen LogP contribution is -2.41. The number of aromatic nitrogens is 4. The van der Waals surface area contributed by atoms with Crippen LogP contribution in [-0.2, 0) is 4.79 Å². The van der Waals surface area contributed by atoms with Crippen molar-refractivity contribution in [1.82, 2.24) is 20.2 Å². The second kappa shape index (κ2) is 8.97. The molecule has 5 rings (SSSR count).